The Bertz CT molecular complexity index is 851. The van der Waals surface area contributed by atoms with E-state index in [2.05, 4.69) is 23.5 Å². The summed E-state index contributed by atoms with van der Waals surface area (Å²) in [4.78, 5) is 14.2. The van der Waals surface area contributed by atoms with E-state index >= 15 is 0 Å². The molecule has 3 nitrogen and oxygen atoms in total. The minimum Gasteiger partial charge on any atom is -0.372 e. The second-order valence-electron chi connectivity index (χ2n) is 6.33. The molecule has 0 bridgehead atoms. The molecule has 4 heteroatoms. The van der Waals surface area contributed by atoms with Crippen LogP contribution in [0.5, 0.6) is 0 Å². The van der Waals surface area contributed by atoms with E-state index in [9.17, 15) is 4.79 Å². The topological polar surface area (TPSA) is 38.3 Å². The average molecular weight is 365 g/mol. The van der Waals surface area contributed by atoms with E-state index < -0.39 is 0 Å². The molecule has 0 spiro atoms. The molecule has 0 fully saturated rings. The molecule has 0 atom stereocenters. The third kappa shape index (κ3) is 5.04. The van der Waals surface area contributed by atoms with Crippen molar-refractivity contribution in [3.8, 4) is 0 Å². The van der Waals surface area contributed by atoms with Gasteiger partial charge in [0.1, 0.15) is 0 Å². The molecule has 1 aromatic heterocycles. The maximum absolute atomic E-state index is 12.3. The number of benzene rings is 2. The van der Waals surface area contributed by atoms with Crippen molar-refractivity contribution >= 4 is 17.2 Å². The Hall–Kier alpha value is -2.43. The number of carbonyl (C=O) groups is 1. The first-order valence-electron chi connectivity index (χ1n) is 8.66. The van der Waals surface area contributed by atoms with E-state index in [1.54, 1.807) is 0 Å². The van der Waals surface area contributed by atoms with E-state index in [4.69, 9.17) is 4.74 Å². The molecule has 1 amide bonds. The molecule has 1 N–H and O–H groups in total. The van der Waals surface area contributed by atoms with Crippen LogP contribution >= 0.6 is 11.3 Å². The van der Waals surface area contributed by atoms with Crippen LogP contribution in [-0.4, -0.2) is 5.91 Å². The number of hydrogen-bond acceptors (Lipinski definition) is 3. The van der Waals surface area contributed by atoms with Crippen LogP contribution in [0.25, 0.3) is 0 Å². The van der Waals surface area contributed by atoms with Crippen LogP contribution in [0.1, 0.15) is 36.8 Å². The summed E-state index contributed by atoms with van der Waals surface area (Å²) in [5, 5.41) is 3.00. The molecule has 1 heterocycles. The first kappa shape index (κ1) is 18.4. The molecule has 0 aliphatic carbocycles. The number of aryl methyl sites for hydroxylation is 2. The van der Waals surface area contributed by atoms with Crippen molar-refractivity contribution in [3.63, 3.8) is 0 Å². The van der Waals surface area contributed by atoms with E-state index in [1.165, 1.54) is 16.2 Å². The number of hydrogen-bond donors (Lipinski definition) is 1. The fourth-order valence-electron chi connectivity index (χ4n) is 2.64. The van der Waals surface area contributed by atoms with Gasteiger partial charge in [0, 0.05) is 11.4 Å². The van der Waals surface area contributed by atoms with Gasteiger partial charge in [0.25, 0.3) is 5.91 Å². The van der Waals surface area contributed by atoms with E-state index in [-0.39, 0.29) is 5.91 Å². The van der Waals surface area contributed by atoms with E-state index in [0.29, 0.717) is 19.8 Å². The number of rotatable bonds is 7. The molecule has 0 unspecified atom stereocenters. The number of ether oxygens (including phenoxy) is 1. The van der Waals surface area contributed by atoms with Gasteiger partial charge in [0.15, 0.2) is 0 Å². The second-order valence-corrected chi connectivity index (χ2v) is 7.59. The highest BCUT2D eigenvalue weighted by atomic mass is 32.1. The SMILES string of the molecule is Cc1cc(C(=O)NCc2cccc(COCc3ccccc3)c2)sc1C. The van der Waals surface area contributed by atoms with Crippen molar-refractivity contribution in [1.29, 1.82) is 0 Å². The van der Waals surface area contributed by atoms with Gasteiger partial charge < -0.3 is 10.1 Å². The minimum atomic E-state index is -0.0167. The Morgan fingerprint density at radius 3 is 2.35 bits per heavy atom. The summed E-state index contributed by atoms with van der Waals surface area (Å²) < 4.78 is 5.79. The van der Waals surface area contributed by atoms with Crippen molar-refractivity contribution in [2.24, 2.45) is 0 Å². The van der Waals surface area contributed by atoms with Crippen molar-refractivity contribution in [2.75, 3.05) is 0 Å². The van der Waals surface area contributed by atoms with E-state index in [1.807, 2.05) is 56.3 Å². The number of carbonyl (C=O) groups excluding carboxylic acids is 1. The highest BCUT2D eigenvalue weighted by molar-refractivity contribution is 7.14. The van der Waals surface area contributed by atoms with Gasteiger partial charge >= 0.3 is 0 Å². The van der Waals surface area contributed by atoms with Gasteiger partial charge in [-0.3, -0.25) is 4.79 Å². The third-order valence-electron chi connectivity index (χ3n) is 4.21. The molecule has 0 saturated heterocycles. The Kier molecular flexibility index (Phi) is 6.21. The Morgan fingerprint density at radius 2 is 1.62 bits per heavy atom. The molecule has 3 rings (SSSR count). The predicted octanol–water partition coefficient (Wildman–Crippen LogP) is 5.01. The summed E-state index contributed by atoms with van der Waals surface area (Å²) in [6, 6.07) is 20.2. The van der Waals surface area contributed by atoms with Crippen LogP contribution in [0.3, 0.4) is 0 Å². The molecule has 3 aromatic rings. The summed E-state index contributed by atoms with van der Waals surface area (Å²) in [5.41, 5.74) is 4.51. The smallest absolute Gasteiger partial charge is 0.261 e. The van der Waals surface area contributed by atoms with Gasteiger partial charge in [-0.2, -0.15) is 0 Å². The number of amides is 1. The lowest BCUT2D eigenvalue weighted by atomic mass is 10.1. The Labute approximate surface area is 158 Å². The van der Waals surface area contributed by atoms with Crippen molar-refractivity contribution in [2.45, 2.75) is 33.6 Å². The fourth-order valence-corrected chi connectivity index (χ4v) is 3.60. The monoisotopic (exact) mass is 365 g/mol. The van der Waals surface area contributed by atoms with Crippen LogP contribution in [0, 0.1) is 13.8 Å². The lowest BCUT2D eigenvalue weighted by molar-refractivity contribution is 0.0955. The molecule has 0 saturated carbocycles. The number of thiophene rings is 1. The third-order valence-corrected chi connectivity index (χ3v) is 5.37. The maximum atomic E-state index is 12.3. The first-order chi connectivity index (χ1) is 12.6. The highest BCUT2D eigenvalue weighted by Gasteiger charge is 2.10. The summed E-state index contributed by atoms with van der Waals surface area (Å²) in [7, 11) is 0. The van der Waals surface area contributed by atoms with Crippen molar-refractivity contribution in [1.82, 2.24) is 5.32 Å². The predicted molar refractivity (Wildman–Crippen MR) is 106 cm³/mol. The van der Waals surface area contributed by atoms with Crippen LogP contribution in [0.15, 0.2) is 60.7 Å². The van der Waals surface area contributed by atoms with Gasteiger partial charge in [-0.1, -0.05) is 54.6 Å². The molecule has 26 heavy (non-hydrogen) atoms. The molecule has 0 aliphatic heterocycles. The normalized spacial score (nSPS) is 10.7. The van der Waals surface area contributed by atoms with Crippen molar-refractivity contribution in [3.05, 3.63) is 92.7 Å². The zero-order valence-electron chi connectivity index (χ0n) is 15.1. The zero-order chi connectivity index (χ0) is 18.4. The second kappa shape index (κ2) is 8.79. The van der Waals surface area contributed by atoms with E-state index in [0.717, 1.165) is 27.1 Å². The lowest BCUT2D eigenvalue weighted by Gasteiger charge is -2.08. The summed E-state index contributed by atoms with van der Waals surface area (Å²) >= 11 is 1.54. The lowest BCUT2D eigenvalue weighted by Crippen LogP contribution is -2.21. The van der Waals surface area contributed by atoms with Crippen LogP contribution in [0.2, 0.25) is 0 Å². The van der Waals surface area contributed by atoms with Crippen LogP contribution in [-0.2, 0) is 24.5 Å². The molecule has 0 aliphatic rings. The molecular formula is C22H23NO2S. The standard InChI is InChI=1S/C22H23NO2S/c1-16-11-21(26-17(16)2)22(24)23-13-19-9-6-10-20(12-19)15-25-14-18-7-4-3-5-8-18/h3-12H,13-15H2,1-2H3,(H,23,24). The van der Waals surface area contributed by atoms with Gasteiger partial charge in [0.2, 0.25) is 0 Å². The largest absolute Gasteiger partial charge is 0.372 e. The maximum Gasteiger partial charge on any atom is 0.261 e. The molecular weight excluding hydrogens is 342 g/mol. The molecule has 0 radical (unpaired) electrons. The summed E-state index contributed by atoms with van der Waals surface area (Å²) in [6.45, 7) is 5.73. The van der Waals surface area contributed by atoms with Gasteiger partial charge in [0.05, 0.1) is 18.1 Å². The van der Waals surface area contributed by atoms with Gasteiger partial charge in [-0.05, 0) is 42.2 Å². The summed E-state index contributed by atoms with van der Waals surface area (Å²) in [5.74, 6) is -0.0167. The number of nitrogens with one attached hydrogen (secondary N) is 1. The van der Waals surface area contributed by atoms with Crippen LogP contribution < -0.4 is 5.32 Å². The van der Waals surface area contributed by atoms with Gasteiger partial charge in [-0.25, -0.2) is 0 Å². The van der Waals surface area contributed by atoms with Crippen molar-refractivity contribution < 1.29 is 9.53 Å². The Balaban J connectivity index is 1.51. The molecule has 134 valence electrons. The van der Waals surface area contributed by atoms with Gasteiger partial charge in [-0.15, -0.1) is 11.3 Å². The first-order valence-corrected chi connectivity index (χ1v) is 9.48. The quantitative estimate of drug-likeness (QED) is 0.639. The van der Waals surface area contributed by atoms with Crippen LogP contribution in [0.4, 0.5) is 0 Å². The zero-order valence-corrected chi connectivity index (χ0v) is 15.9. The summed E-state index contributed by atoms with van der Waals surface area (Å²) in [6.07, 6.45) is 0. The Morgan fingerprint density at radius 1 is 0.923 bits per heavy atom. The molecule has 2 aromatic carbocycles. The fraction of sp³-hybridized carbons (Fsp3) is 0.227. The minimum absolute atomic E-state index is 0.0167. The average Bonchev–Trinajstić information content (AvgIpc) is 3.00. The highest BCUT2D eigenvalue weighted by Crippen LogP contribution is 2.20.